The Morgan fingerprint density at radius 3 is 2.46 bits per heavy atom. The molecule has 2 aromatic rings. The van der Waals surface area contributed by atoms with Gasteiger partial charge in [-0.3, -0.25) is 14.4 Å². The Balaban J connectivity index is 1.80. The molecule has 1 atom stereocenters. The van der Waals surface area contributed by atoms with Gasteiger partial charge in [-0.25, -0.2) is 0 Å². The molecule has 1 aliphatic heterocycles. The Labute approximate surface area is 140 Å². The number of ketones is 1. The number of nitrogens with zero attached hydrogens (tertiary/aromatic N) is 1. The van der Waals surface area contributed by atoms with Gasteiger partial charge in [0.1, 0.15) is 0 Å². The van der Waals surface area contributed by atoms with E-state index in [9.17, 15) is 14.4 Å². The normalized spacial score (nSPS) is 17.2. The molecule has 1 fully saturated rings. The highest BCUT2D eigenvalue weighted by molar-refractivity contribution is 6.30. The molecule has 1 aliphatic rings. The minimum Gasteiger partial charge on any atom is -0.325 e. The largest absolute Gasteiger partial charge is 0.325 e. The van der Waals surface area contributed by atoms with E-state index < -0.39 is 17.7 Å². The number of hydrogen-bond donors (Lipinski definition) is 1. The van der Waals surface area contributed by atoms with Crippen LogP contribution in [0.4, 0.5) is 11.4 Å². The summed E-state index contributed by atoms with van der Waals surface area (Å²) in [5.41, 5.74) is 3.21. The van der Waals surface area contributed by atoms with Crippen LogP contribution < -0.4 is 10.2 Å². The molecule has 1 N–H and O–H groups in total. The van der Waals surface area contributed by atoms with Crippen molar-refractivity contribution >= 4 is 29.0 Å². The first-order chi connectivity index (χ1) is 11.5. The maximum Gasteiger partial charge on any atom is 0.247 e. The zero-order valence-corrected chi connectivity index (χ0v) is 13.6. The van der Waals surface area contributed by atoms with Crippen LogP contribution in [0.2, 0.25) is 0 Å². The molecule has 0 unspecified atom stereocenters. The molecule has 0 aliphatic carbocycles. The molecular weight excluding hydrogens is 304 g/mol. The van der Waals surface area contributed by atoms with Crippen LogP contribution in [0.15, 0.2) is 48.5 Å². The molecule has 1 heterocycles. The Morgan fingerprint density at radius 1 is 1.08 bits per heavy atom. The highest BCUT2D eigenvalue weighted by atomic mass is 16.2. The molecule has 5 heteroatoms. The molecule has 24 heavy (non-hydrogen) atoms. The molecule has 3 rings (SSSR count). The number of nitrogens with one attached hydrogen (secondary N) is 1. The van der Waals surface area contributed by atoms with Gasteiger partial charge < -0.3 is 10.2 Å². The first-order valence-electron chi connectivity index (χ1n) is 7.74. The Morgan fingerprint density at radius 2 is 1.79 bits per heavy atom. The van der Waals surface area contributed by atoms with Gasteiger partial charge >= 0.3 is 0 Å². The summed E-state index contributed by atoms with van der Waals surface area (Å²) in [6.45, 7) is 3.76. The summed E-state index contributed by atoms with van der Waals surface area (Å²) >= 11 is 0. The van der Waals surface area contributed by atoms with Crippen molar-refractivity contribution in [2.45, 2.75) is 13.8 Å². The number of para-hydroxylation sites is 1. The van der Waals surface area contributed by atoms with Gasteiger partial charge in [-0.15, -0.1) is 0 Å². The second-order valence-electron chi connectivity index (χ2n) is 5.97. The van der Waals surface area contributed by atoms with Crippen molar-refractivity contribution in [3.8, 4) is 0 Å². The molecule has 0 bridgehead atoms. The fourth-order valence-electron chi connectivity index (χ4n) is 2.86. The van der Waals surface area contributed by atoms with Gasteiger partial charge in [0.15, 0.2) is 11.7 Å². The Kier molecular flexibility index (Phi) is 4.16. The quantitative estimate of drug-likeness (QED) is 0.883. The standard InChI is InChI=1S/C19H18N2O3/c1-12-8-9-15(13(2)10-12)20-18(23)17-16(22)11-21(19(17)24)14-6-4-3-5-7-14/h3-10,17H,11H2,1-2H3,(H,20,23)/t17-/m1/s1. The highest BCUT2D eigenvalue weighted by Crippen LogP contribution is 2.25. The fraction of sp³-hybridized carbons (Fsp3) is 0.211. The lowest BCUT2D eigenvalue weighted by atomic mass is 10.1. The third-order valence-corrected chi connectivity index (χ3v) is 4.12. The number of hydrogen-bond acceptors (Lipinski definition) is 3. The summed E-state index contributed by atoms with van der Waals surface area (Å²) in [5.74, 6) is -2.72. The lowest BCUT2D eigenvalue weighted by molar-refractivity contribution is -0.134. The Bertz CT molecular complexity index is 815. The first-order valence-corrected chi connectivity index (χ1v) is 7.74. The molecule has 122 valence electrons. The van der Waals surface area contributed by atoms with Crippen LogP contribution in [-0.4, -0.2) is 24.1 Å². The van der Waals surface area contributed by atoms with E-state index in [0.717, 1.165) is 11.1 Å². The summed E-state index contributed by atoms with van der Waals surface area (Å²) in [7, 11) is 0. The van der Waals surface area contributed by atoms with Crippen LogP contribution >= 0.6 is 0 Å². The average molecular weight is 322 g/mol. The third kappa shape index (κ3) is 2.93. The molecular formula is C19H18N2O3. The molecule has 2 amide bonds. The van der Waals surface area contributed by atoms with Gasteiger partial charge in [-0.1, -0.05) is 35.9 Å². The van der Waals surface area contributed by atoms with Crippen molar-refractivity contribution < 1.29 is 14.4 Å². The van der Waals surface area contributed by atoms with E-state index >= 15 is 0 Å². The van der Waals surface area contributed by atoms with Crippen LogP contribution in [0.1, 0.15) is 11.1 Å². The fourth-order valence-corrected chi connectivity index (χ4v) is 2.86. The number of benzene rings is 2. The predicted octanol–water partition coefficient (Wildman–Crippen LogP) is 2.47. The van der Waals surface area contributed by atoms with Crippen LogP contribution in [-0.2, 0) is 14.4 Å². The molecule has 0 spiro atoms. The summed E-state index contributed by atoms with van der Waals surface area (Å²) in [4.78, 5) is 38.6. The monoisotopic (exact) mass is 322 g/mol. The van der Waals surface area contributed by atoms with E-state index in [1.54, 1.807) is 30.3 Å². The van der Waals surface area contributed by atoms with E-state index in [1.165, 1.54) is 4.90 Å². The third-order valence-electron chi connectivity index (χ3n) is 4.12. The predicted molar refractivity (Wildman–Crippen MR) is 91.8 cm³/mol. The second-order valence-corrected chi connectivity index (χ2v) is 5.97. The van der Waals surface area contributed by atoms with Crippen molar-refractivity contribution in [2.24, 2.45) is 5.92 Å². The summed E-state index contributed by atoms with van der Waals surface area (Å²) < 4.78 is 0. The number of anilines is 2. The summed E-state index contributed by atoms with van der Waals surface area (Å²) in [6, 6.07) is 14.5. The maximum absolute atomic E-state index is 12.5. The molecule has 0 saturated carbocycles. The molecule has 5 nitrogen and oxygen atoms in total. The number of rotatable bonds is 3. The number of carbonyl (C=O) groups excluding carboxylic acids is 3. The van der Waals surface area contributed by atoms with E-state index in [0.29, 0.717) is 11.4 Å². The topological polar surface area (TPSA) is 66.5 Å². The van der Waals surface area contributed by atoms with Crippen LogP contribution in [0.25, 0.3) is 0 Å². The van der Waals surface area contributed by atoms with E-state index in [2.05, 4.69) is 5.32 Å². The van der Waals surface area contributed by atoms with Gasteiger partial charge in [0.2, 0.25) is 11.8 Å². The highest BCUT2D eigenvalue weighted by Gasteiger charge is 2.44. The van der Waals surface area contributed by atoms with Gasteiger partial charge in [-0.05, 0) is 37.6 Å². The Hall–Kier alpha value is -2.95. The lowest BCUT2D eigenvalue weighted by Crippen LogP contribution is -2.34. The smallest absolute Gasteiger partial charge is 0.247 e. The molecule has 0 aromatic heterocycles. The van der Waals surface area contributed by atoms with Crippen LogP contribution in [0, 0.1) is 19.8 Å². The summed E-state index contributed by atoms with van der Waals surface area (Å²) in [5, 5.41) is 2.70. The van der Waals surface area contributed by atoms with Crippen molar-refractivity contribution in [3.63, 3.8) is 0 Å². The zero-order valence-electron chi connectivity index (χ0n) is 13.6. The summed E-state index contributed by atoms with van der Waals surface area (Å²) in [6.07, 6.45) is 0. The number of carbonyl (C=O) groups is 3. The van der Waals surface area contributed by atoms with E-state index in [-0.39, 0.29) is 12.3 Å². The van der Waals surface area contributed by atoms with Gasteiger partial charge in [-0.2, -0.15) is 0 Å². The average Bonchev–Trinajstić information content (AvgIpc) is 2.85. The number of amides is 2. The maximum atomic E-state index is 12.5. The van der Waals surface area contributed by atoms with Crippen LogP contribution in [0.3, 0.4) is 0 Å². The lowest BCUT2D eigenvalue weighted by Gasteiger charge is -2.16. The SMILES string of the molecule is Cc1ccc(NC(=O)[C@H]2C(=O)CN(c3ccccc3)C2=O)c(C)c1. The minimum atomic E-state index is -1.29. The number of aryl methyl sites for hydroxylation is 2. The molecule has 2 aromatic carbocycles. The van der Waals surface area contributed by atoms with Gasteiger partial charge in [0, 0.05) is 11.4 Å². The van der Waals surface area contributed by atoms with Crippen LogP contribution in [0.5, 0.6) is 0 Å². The van der Waals surface area contributed by atoms with Gasteiger partial charge in [0.05, 0.1) is 6.54 Å². The zero-order chi connectivity index (χ0) is 17.3. The number of Topliss-reactive ketones (excluding diaryl/α,β-unsaturated/α-hetero) is 1. The van der Waals surface area contributed by atoms with Crippen molar-refractivity contribution in [1.29, 1.82) is 0 Å². The van der Waals surface area contributed by atoms with E-state index in [1.807, 2.05) is 32.0 Å². The van der Waals surface area contributed by atoms with E-state index in [4.69, 9.17) is 0 Å². The minimum absolute atomic E-state index is 0.0756. The van der Waals surface area contributed by atoms with Crippen molar-refractivity contribution in [3.05, 3.63) is 59.7 Å². The molecule has 1 saturated heterocycles. The second kappa shape index (κ2) is 6.28. The van der Waals surface area contributed by atoms with Gasteiger partial charge in [0.25, 0.3) is 0 Å². The van der Waals surface area contributed by atoms with Crippen molar-refractivity contribution in [1.82, 2.24) is 0 Å². The van der Waals surface area contributed by atoms with Crippen molar-refractivity contribution in [2.75, 3.05) is 16.8 Å². The first kappa shape index (κ1) is 15.9. The molecule has 0 radical (unpaired) electrons.